The third-order valence-corrected chi connectivity index (χ3v) is 2.90. The molecule has 8 heteroatoms. The van der Waals surface area contributed by atoms with Crippen LogP contribution in [0.1, 0.15) is 26.3 Å². The first kappa shape index (κ1) is 17.4. The molecule has 1 atom stereocenters. The number of nitro benzene ring substituents is 1. The summed E-state index contributed by atoms with van der Waals surface area (Å²) in [6.45, 7) is 4.25. The number of aliphatic hydroxyl groups is 1. The van der Waals surface area contributed by atoms with Gasteiger partial charge in [-0.05, 0) is 38.5 Å². The highest BCUT2D eigenvalue weighted by Gasteiger charge is 2.55. The van der Waals surface area contributed by atoms with Crippen LogP contribution in [-0.4, -0.2) is 28.3 Å². The van der Waals surface area contributed by atoms with Crippen LogP contribution in [0.15, 0.2) is 24.3 Å². The first-order valence-corrected chi connectivity index (χ1v) is 6.16. The van der Waals surface area contributed by atoms with Crippen LogP contribution in [0.25, 0.3) is 0 Å². The number of halogens is 3. The van der Waals surface area contributed by atoms with E-state index in [2.05, 4.69) is 5.32 Å². The molecule has 0 aliphatic carbocycles. The lowest BCUT2D eigenvalue weighted by atomic mass is 9.91. The van der Waals surface area contributed by atoms with E-state index in [1.165, 1.54) is 0 Å². The van der Waals surface area contributed by atoms with Crippen LogP contribution in [0.2, 0.25) is 0 Å². The first-order chi connectivity index (χ1) is 9.37. The number of β-amino-alcohol motifs (C(OH)–C–C–N with tert-alkyl or cyclic N) is 1. The molecule has 0 aliphatic rings. The molecule has 0 amide bonds. The largest absolute Gasteiger partial charge is 0.422 e. The predicted octanol–water partition coefficient (Wildman–Crippen LogP) is 2.73. The molecule has 0 saturated carbocycles. The molecule has 118 valence electrons. The van der Waals surface area contributed by atoms with Gasteiger partial charge in [0.15, 0.2) is 5.60 Å². The average molecular weight is 306 g/mol. The van der Waals surface area contributed by atoms with Crippen molar-refractivity contribution in [3.8, 4) is 0 Å². The molecule has 0 radical (unpaired) electrons. The van der Waals surface area contributed by atoms with Gasteiger partial charge in [-0.25, -0.2) is 0 Å². The van der Waals surface area contributed by atoms with Crippen LogP contribution in [0.4, 0.5) is 18.9 Å². The second-order valence-corrected chi connectivity index (χ2v) is 5.77. The van der Waals surface area contributed by atoms with Crippen LogP contribution in [0.5, 0.6) is 0 Å². The zero-order valence-electron chi connectivity index (χ0n) is 11.9. The summed E-state index contributed by atoms with van der Waals surface area (Å²) in [5.74, 6) is 0. The minimum Gasteiger partial charge on any atom is -0.375 e. The Labute approximate surface area is 119 Å². The fourth-order valence-electron chi connectivity index (χ4n) is 1.62. The van der Waals surface area contributed by atoms with Crippen LogP contribution >= 0.6 is 0 Å². The van der Waals surface area contributed by atoms with Gasteiger partial charge in [-0.1, -0.05) is 0 Å². The average Bonchev–Trinajstić information content (AvgIpc) is 2.33. The molecule has 0 saturated heterocycles. The van der Waals surface area contributed by atoms with Gasteiger partial charge in [-0.2, -0.15) is 13.2 Å². The van der Waals surface area contributed by atoms with Crippen molar-refractivity contribution in [2.45, 2.75) is 38.1 Å². The summed E-state index contributed by atoms with van der Waals surface area (Å²) < 4.78 is 39.6. The van der Waals surface area contributed by atoms with Gasteiger partial charge in [0.1, 0.15) is 0 Å². The quantitative estimate of drug-likeness (QED) is 0.662. The molecular formula is C13H17F3N2O3. The summed E-state index contributed by atoms with van der Waals surface area (Å²) in [4.78, 5) is 9.81. The Morgan fingerprint density at radius 2 is 1.67 bits per heavy atom. The molecular weight excluding hydrogens is 289 g/mol. The van der Waals surface area contributed by atoms with E-state index in [-0.39, 0.29) is 5.69 Å². The Morgan fingerprint density at radius 1 is 1.19 bits per heavy atom. The minimum atomic E-state index is -4.92. The van der Waals surface area contributed by atoms with Gasteiger partial charge in [0, 0.05) is 24.2 Å². The van der Waals surface area contributed by atoms with Gasteiger partial charge >= 0.3 is 6.18 Å². The van der Waals surface area contributed by atoms with E-state index < -0.39 is 34.3 Å². The maximum Gasteiger partial charge on any atom is 0.422 e. The number of non-ortho nitro benzene ring substituents is 1. The number of rotatable bonds is 4. The standard InChI is InChI=1S/C13H17F3N2O3/c1-11(2,3)17-8-12(19,13(14,15)16)9-4-6-10(7-5-9)18(20)21/h4-7,17,19H,8H2,1-3H3. The molecule has 21 heavy (non-hydrogen) atoms. The molecule has 5 nitrogen and oxygen atoms in total. The monoisotopic (exact) mass is 306 g/mol. The summed E-state index contributed by atoms with van der Waals surface area (Å²) in [5, 5.41) is 23.2. The number of benzene rings is 1. The SMILES string of the molecule is CC(C)(C)NCC(O)(c1ccc([N+](=O)[O-])cc1)C(F)(F)F. The highest BCUT2D eigenvalue weighted by Crippen LogP contribution is 2.39. The van der Waals surface area contributed by atoms with Crippen molar-refractivity contribution in [1.82, 2.24) is 5.32 Å². The van der Waals surface area contributed by atoms with Gasteiger partial charge in [-0.15, -0.1) is 0 Å². The Kier molecular flexibility index (Phi) is 4.64. The number of hydrogen-bond donors (Lipinski definition) is 2. The van der Waals surface area contributed by atoms with E-state index >= 15 is 0 Å². The van der Waals surface area contributed by atoms with E-state index in [0.29, 0.717) is 0 Å². The molecule has 0 heterocycles. The van der Waals surface area contributed by atoms with Gasteiger partial charge in [0.05, 0.1) is 4.92 Å². The number of nitrogens with one attached hydrogen (secondary N) is 1. The number of nitrogens with zero attached hydrogens (tertiary/aromatic N) is 1. The maximum atomic E-state index is 13.2. The summed E-state index contributed by atoms with van der Waals surface area (Å²) >= 11 is 0. The zero-order chi connectivity index (χ0) is 16.5. The lowest BCUT2D eigenvalue weighted by molar-refractivity contribution is -0.384. The normalized spacial score (nSPS) is 15.6. The van der Waals surface area contributed by atoms with E-state index in [4.69, 9.17) is 0 Å². The maximum absolute atomic E-state index is 13.2. The van der Waals surface area contributed by atoms with Gasteiger partial charge < -0.3 is 10.4 Å². The molecule has 1 aromatic carbocycles. The highest BCUT2D eigenvalue weighted by atomic mass is 19.4. The van der Waals surface area contributed by atoms with Crippen molar-refractivity contribution in [3.05, 3.63) is 39.9 Å². The lowest BCUT2D eigenvalue weighted by Crippen LogP contribution is -2.53. The minimum absolute atomic E-state index is 0.341. The van der Waals surface area contributed by atoms with Crippen molar-refractivity contribution in [1.29, 1.82) is 0 Å². The Balaban J connectivity index is 3.16. The lowest BCUT2D eigenvalue weighted by Gasteiger charge is -2.34. The first-order valence-electron chi connectivity index (χ1n) is 6.16. The third kappa shape index (κ3) is 4.15. The second-order valence-electron chi connectivity index (χ2n) is 5.77. The molecule has 0 aliphatic heterocycles. The van der Waals surface area contributed by atoms with E-state index in [9.17, 15) is 28.4 Å². The third-order valence-electron chi connectivity index (χ3n) is 2.90. The molecule has 0 bridgehead atoms. The Bertz CT molecular complexity index is 509. The molecule has 1 unspecified atom stereocenters. The summed E-state index contributed by atoms with van der Waals surface area (Å²) in [6, 6.07) is 3.69. The summed E-state index contributed by atoms with van der Waals surface area (Å²) in [7, 11) is 0. The van der Waals surface area contributed by atoms with E-state index in [1.807, 2.05) is 0 Å². The van der Waals surface area contributed by atoms with Crippen LogP contribution in [0, 0.1) is 10.1 Å². The highest BCUT2D eigenvalue weighted by molar-refractivity contribution is 5.36. The van der Waals surface area contributed by atoms with Crippen molar-refractivity contribution in [2.75, 3.05) is 6.54 Å². The number of nitro groups is 1. The van der Waals surface area contributed by atoms with Gasteiger partial charge in [0.25, 0.3) is 5.69 Å². The number of hydrogen-bond acceptors (Lipinski definition) is 4. The van der Waals surface area contributed by atoms with E-state index in [0.717, 1.165) is 24.3 Å². The van der Waals surface area contributed by atoms with Crippen molar-refractivity contribution in [3.63, 3.8) is 0 Å². The van der Waals surface area contributed by atoms with Crippen LogP contribution in [-0.2, 0) is 5.60 Å². The number of alkyl halides is 3. The summed E-state index contributed by atoms with van der Waals surface area (Å²) in [6.07, 6.45) is -4.92. The van der Waals surface area contributed by atoms with E-state index in [1.54, 1.807) is 20.8 Å². The fraction of sp³-hybridized carbons (Fsp3) is 0.538. The molecule has 1 rings (SSSR count). The van der Waals surface area contributed by atoms with Crippen LogP contribution in [0.3, 0.4) is 0 Å². The molecule has 0 spiro atoms. The summed E-state index contributed by atoms with van der Waals surface area (Å²) in [5.41, 5.74) is -4.53. The Hall–Kier alpha value is -1.67. The second kappa shape index (κ2) is 5.61. The molecule has 2 N–H and O–H groups in total. The molecule has 1 aromatic rings. The predicted molar refractivity (Wildman–Crippen MR) is 70.8 cm³/mol. The smallest absolute Gasteiger partial charge is 0.375 e. The zero-order valence-corrected chi connectivity index (χ0v) is 11.9. The molecule has 0 fully saturated rings. The fourth-order valence-corrected chi connectivity index (χ4v) is 1.62. The van der Waals surface area contributed by atoms with Gasteiger partial charge in [0.2, 0.25) is 0 Å². The molecule has 0 aromatic heterocycles. The van der Waals surface area contributed by atoms with Crippen LogP contribution < -0.4 is 5.32 Å². The van der Waals surface area contributed by atoms with Crippen molar-refractivity contribution >= 4 is 5.69 Å². The van der Waals surface area contributed by atoms with Crippen molar-refractivity contribution < 1.29 is 23.2 Å². The van der Waals surface area contributed by atoms with Crippen molar-refractivity contribution in [2.24, 2.45) is 0 Å². The topological polar surface area (TPSA) is 75.4 Å². The van der Waals surface area contributed by atoms with Gasteiger partial charge in [-0.3, -0.25) is 10.1 Å². The Morgan fingerprint density at radius 3 is 2.00 bits per heavy atom.